The molecule has 7 heteroatoms. The molecule has 0 radical (unpaired) electrons. The lowest BCUT2D eigenvalue weighted by molar-refractivity contribution is 0.0955. The Morgan fingerprint density at radius 3 is 2.55 bits per heavy atom. The Bertz CT molecular complexity index is 1610. The van der Waals surface area contributed by atoms with E-state index in [2.05, 4.69) is 32.0 Å². The zero-order valence-electron chi connectivity index (χ0n) is 19.0. The molecule has 2 aromatic carbocycles. The molecule has 0 amide bonds. The molecule has 3 aromatic heterocycles. The third kappa shape index (κ3) is 3.15. The van der Waals surface area contributed by atoms with Gasteiger partial charge in [0.05, 0.1) is 29.4 Å². The van der Waals surface area contributed by atoms with Gasteiger partial charge in [-0.3, -0.25) is 13.9 Å². The Kier molecular flexibility index (Phi) is 4.55. The Morgan fingerprint density at radius 1 is 1.00 bits per heavy atom. The summed E-state index contributed by atoms with van der Waals surface area (Å²) in [7, 11) is 0. The highest BCUT2D eigenvalue weighted by molar-refractivity contribution is 6.06. The van der Waals surface area contributed by atoms with Gasteiger partial charge in [-0.25, -0.2) is 15.0 Å². The maximum atomic E-state index is 13.9. The standard InChI is InChI=1S/C26H25N5O2/c1-15-10-11-16(2)21(13-15)31-24-22(23-25(31)29-20-9-5-4-8-19(20)28-23)26(32)30(17(3)27-24)14-18-7-6-12-33-18/h4-5,8-11,13,18H,6-7,12,14H2,1-3H3/t18-/m1/s1. The number of nitrogens with zero attached hydrogens (tertiary/aromatic N) is 5. The van der Waals surface area contributed by atoms with Crippen LogP contribution in [0.15, 0.2) is 47.3 Å². The van der Waals surface area contributed by atoms with Crippen molar-refractivity contribution in [3.8, 4) is 5.69 Å². The molecule has 0 unspecified atom stereocenters. The molecule has 7 nitrogen and oxygen atoms in total. The predicted octanol–water partition coefficient (Wildman–Crippen LogP) is 4.39. The average molecular weight is 440 g/mol. The van der Waals surface area contributed by atoms with Crippen molar-refractivity contribution in [2.75, 3.05) is 6.61 Å². The van der Waals surface area contributed by atoms with Crippen molar-refractivity contribution in [1.82, 2.24) is 24.1 Å². The van der Waals surface area contributed by atoms with E-state index >= 15 is 0 Å². The predicted molar refractivity (Wildman–Crippen MR) is 129 cm³/mol. The van der Waals surface area contributed by atoms with Crippen LogP contribution in [0.5, 0.6) is 0 Å². The monoisotopic (exact) mass is 439 g/mol. The van der Waals surface area contributed by atoms with Crippen LogP contribution in [0.3, 0.4) is 0 Å². The van der Waals surface area contributed by atoms with Crippen molar-refractivity contribution in [2.45, 2.75) is 46.3 Å². The van der Waals surface area contributed by atoms with Crippen molar-refractivity contribution < 1.29 is 4.74 Å². The van der Waals surface area contributed by atoms with Gasteiger partial charge in [-0.2, -0.15) is 0 Å². The Labute approximate surface area is 190 Å². The number of para-hydroxylation sites is 2. The maximum Gasteiger partial charge on any atom is 0.265 e. The third-order valence-electron chi connectivity index (χ3n) is 6.57. The van der Waals surface area contributed by atoms with E-state index in [4.69, 9.17) is 19.7 Å². The normalized spacial score (nSPS) is 16.4. The quantitative estimate of drug-likeness (QED) is 0.417. The highest BCUT2D eigenvalue weighted by atomic mass is 16.5. The van der Waals surface area contributed by atoms with Crippen molar-refractivity contribution in [3.05, 3.63) is 69.8 Å². The zero-order chi connectivity index (χ0) is 22.7. The number of ether oxygens (including phenoxy) is 1. The lowest BCUT2D eigenvalue weighted by Gasteiger charge is -2.15. The molecule has 0 aliphatic carbocycles. The second kappa shape index (κ2) is 7.49. The SMILES string of the molecule is Cc1ccc(C)c(-n2c3nc4ccccc4nc3c3c(=O)n(C[C@H]4CCCO4)c(C)nc32)c1. The van der Waals surface area contributed by atoms with Crippen LogP contribution >= 0.6 is 0 Å². The first kappa shape index (κ1) is 20.1. The highest BCUT2D eigenvalue weighted by Gasteiger charge is 2.25. The number of hydrogen-bond acceptors (Lipinski definition) is 5. The van der Waals surface area contributed by atoms with Gasteiger partial charge in [0.1, 0.15) is 16.7 Å². The summed E-state index contributed by atoms with van der Waals surface area (Å²) in [5, 5.41) is 0.507. The minimum Gasteiger partial charge on any atom is -0.376 e. The van der Waals surface area contributed by atoms with Gasteiger partial charge in [-0.1, -0.05) is 24.3 Å². The molecule has 0 bridgehead atoms. The Hall–Kier alpha value is -3.58. The van der Waals surface area contributed by atoms with Crippen molar-refractivity contribution in [2.24, 2.45) is 0 Å². The molecule has 166 valence electrons. The maximum absolute atomic E-state index is 13.9. The lowest BCUT2D eigenvalue weighted by atomic mass is 10.1. The fourth-order valence-electron chi connectivity index (χ4n) is 4.83. The third-order valence-corrected chi connectivity index (χ3v) is 6.57. The van der Waals surface area contributed by atoms with Gasteiger partial charge in [-0.15, -0.1) is 0 Å². The summed E-state index contributed by atoms with van der Waals surface area (Å²) >= 11 is 0. The second-order valence-electron chi connectivity index (χ2n) is 8.92. The van der Waals surface area contributed by atoms with Crippen LogP contribution in [0.1, 0.15) is 29.8 Å². The van der Waals surface area contributed by atoms with Gasteiger partial charge < -0.3 is 4.74 Å². The molecule has 1 fully saturated rings. The molecule has 1 aliphatic heterocycles. The molecule has 33 heavy (non-hydrogen) atoms. The molecule has 1 atom stereocenters. The van der Waals surface area contributed by atoms with Crippen LogP contribution < -0.4 is 5.56 Å². The first-order valence-corrected chi connectivity index (χ1v) is 11.4. The van der Waals surface area contributed by atoms with Crippen molar-refractivity contribution in [3.63, 3.8) is 0 Å². The summed E-state index contributed by atoms with van der Waals surface area (Å²) in [4.78, 5) is 28.7. The number of benzene rings is 2. The second-order valence-corrected chi connectivity index (χ2v) is 8.92. The summed E-state index contributed by atoms with van der Waals surface area (Å²) in [5.41, 5.74) is 6.46. The van der Waals surface area contributed by atoms with E-state index in [1.165, 1.54) is 0 Å². The lowest BCUT2D eigenvalue weighted by Crippen LogP contribution is -2.29. The van der Waals surface area contributed by atoms with Gasteiger partial charge in [0, 0.05) is 6.61 Å². The van der Waals surface area contributed by atoms with E-state index in [0.717, 1.165) is 47.3 Å². The molecule has 6 rings (SSSR count). The van der Waals surface area contributed by atoms with E-state index in [1.807, 2.05) is 35.8 Å². The molecule has 4 heterocycles. The number of rotatable bonds is 3. The van der Waals surface area contributed by atoms with Gasteiger partial charge in [0.25, 0.3) is 5.56 Å². The molecule has 0 saturated carbocycles. The van der Waals surface area contributed by atoms with Gasteiger partial charge in [-0.05, 0) is 62.9 Å². The molecule has 0 spiro atoms. The summed E-state index contributed by atoms with van der Waals surface area (Å²) in [6.07, 6.45) is 2.02. The van der Waals surface area contributed by atoms with Gasteiger partial charge in [0.2, 0.25) is 0 Å². The van der Waals surface area contributed by atoms with E-state index < -0.39 is 0 Å². The van der Waals surface area contributed by atoms with Crippen molar-refractivity contribution in [1.29, 1.82) is 0 Å². The Balaban J connectivity index is 1.75. The van der Waals surface area contributed by atoms with E-state index in [0.29, 0.717) is 34.6 Å². The molecular weight excluding hydrogens is 414 g/mol. The van der Waals surface area contributed by atoms with Gasteiger partial charge in [0.15, 0.2) is 11.3 Å². The molecule has 0 N–H and O–H groups in total. The van der Waals surface area contributed by atoms with Crippen LogP contribution in [0.25, 0.3) is 38.9 Å². The molecule has 5 aromatic rings. The minimum absolute atomic E-state index is 0.0416. The fraction of sp³-hybridized carbons (Fsp3) is 0.308. The van der Waals surface area contributed by atoms with E-state index in [9.17, 15) is 4.79 Å². The van der Waals surface area contributed by atoms with Crippen LogP contribution in [0, 0.1) is 20.8 Å². The first-order chi connectivity index (χ1) is 16.0. The zero-order valence-corrected chi connectivity index (χ0v) is 19.0. The largest absolute Gasteiger partial charge is 0.376 e. The van der Waals surface area contributed by atoms with E-state index in [1.54, 1.807) is 4.57 Å². The van der Waals surface area contributed by atoms with Crippen LogP contribution in [-0.2, 0) is 11.3 Å². The first-order valence-electron chi connectivity index (χ1n) is 11.4. The number of aryl methyl sites for hydroxylation is 3. The van der Waals surface area contributed by atoms with Crippen LogP contribution in [-0.4, -0.2) is 36.8 Å². The summed E-state index contributed by atoms with van der Waals surface area (Å²) in [6, 6.07) is 14.0. The van der Waals surface area contributed by atoms with E-state index in [-0.39, 0.29) is 11.7 Å². The highest BCUT2D eigenvalue weighted by Crippen LogP contribution is 2.30. The van der Waals surface area contributed by atoms with Crippen LogP contribution in [0.4, 0.5) is 0 Å². The Morgan fingerprint density at radius 2 is 1.79 bits per heavy atom. The van der Waals surface area contributed by atoms with Gasteiger partial charge >= 0.3 is 0 Å². The topological polar surface area (TPSA) is 74.8 Å². The van der Waals surface area contributed by atoms with Crippen molar-refractivity contribution >= 4 is 33.2 Å². The number of hydrogen-bond donors (Lipinski definition) is 0. The number of aromatic nitrogens is 5. The average Bonchev–Trinajstić information content (AvgIpc) is 3.42. The molecule has 1 aliphatic rings. The number of fused-ring (bicyclic) bond motifs is 4. The van der Waals surface area contributed by atoms with Crippen LogP contribution in [0.2, 0.25) is 0 Å². The summed E-state index contributed by atoms with van der Waals surface area (Å²) in [6.45, 7) is 7.26. The summed E-state index contributed by atoms with van der Waals surface area (Å²) in [5.74, 6) is 0.668. The minimum atomic E-state index is -0.0911. The fourth-order valence-corrected chi connectivity index (χ4v) is 4.83. The molecule has 1 saturated heterocycles. The molecular formula is C26H25N5O2. The summed E-state index contributed by atoms with van der Waals surface area (Å²) < 4.78 is 9.54. The smallest absolute Gasteiger partial charge is 0.265 e.